The molecule has 3 nitrogen and oxygen atoms in total. The first-order valence-electron chi connectivity index (χ1n) is 8.88. The fourth-order valence-electron chi connectivity index (χ4n) is 3.09. The predicted octanol–water partition coefficient (Wildman–Crippen LogP) is 4.79. The zero-order valence-electron chi connectivity index (χ0n) is 15.4. The summed E-state index contributed by atoms with van der Waals surface area (Å²) in [6, 6.07) is 14.3. The van der Waals surface area contributed by atoms with Gasteiger partial charge < -0.3 is 10.1 Å². The van der Waals surface area contributed by atoms with E-state index >= 15 is 0 Å². The zero-order chi connectivity index (χ0) is 17.7. The second kappa shape index (κ2) is 8.18. The number of hydrogen-bond donors (Lipinski definition) is 1. The summed E-state index contributed by atoms with van der Waals surface area (Å²) in [5, 5.41) is 5.45. The van der Waals surface area contributed by atoms with E-state index < -0.39 is 6.10 Å². The standard InChI is InChI=1S/C21H29NO2/c1-6-19(21(23)22-20(14(2)3)15(4)5)24-18-12-11-16-9-7-8-10-17(16)13-18/h7-15,19-20H,6H2,1-5H3,(H,22,23). The van der Waals surface area contributed by atoms with E-state index in [0.717, 1.165) is 11.1 Å². The molecule has 0 saturated heterocycles. The third-order valence-corrected chi connectivity index (χ3v) is 4.41. The highest BCUT2D eigenvalue weighted by molar-refractivity contribution is 5.84. The minimum Gasteiger partial charge on any atom is -0.481 e. The Kier molecular flexibility index (Phi) is 6.24. The molecule has 0 bridgehead atoms. The van der Waals surface area contributed by atoms with Gasteiger partial charge in [-0.1, -0.05) is 65.0 Å². The van der Waals surface area contributed by atoms with Crippen LogP contribution >= 0.6 is 0 Å². The highest BCUT2D eigenvalue weighted by Gasteiger charge is 2.25. The summed E-state index contributed by atoms with van der Waals surface area (Å²) in [4.78, 5) is 12.6. The highest BCUT2D eigenvalue weighted by atomic mass is 16.5. The van der Waals surface area contributed by atoms with Crippen LogP contribution in [-0.2, 0) is 4.79 Å². The third-order valence-electron chi connectivity index (χ3n) is 4.41. The van der Waals surface area contributed by atoms with E-state index in [0.29, 0.717) is 18.3 Å². The van der Waals surface area contributed by atoms with Gasteiger partial charge in [0, 0.05) is 6.04 Å². The van der Waals surface area contributed by atoms with Crippen LogP contribution in [0.15, 0.2) is 42.5 Å². The molecule has 0 aliphatic heterocycles. The molecule has 0 aromatic heterocycles. The molecule has 0 heterocycles. The quantitative estimate of drug-likeness (QED) is 0.793. The van der Waals surface area contributed by atoms with Crippen LogP contribution in [0.2, 0.25) is 0 Å². The predicted molar refractivity (Wildman–Crippen MR) is 100 cm³/mol. The third kappa shape index (κ3) is 4.50. The average molecular weight is 327 g/mol. The number of carbonyl (C=O) groups excluding carboxylic acids is 1. The first-order valence-corrected chi connectivity index (χ1v) is 8.88. The Balaban J connectivity index is 2.10. The van der Waals surface area contributed by atoms with Gasteiger partial charge in [-0.05, 0) is 41.2 Å². The Morgan fingerprint density at radius 2 is 1.62 bits per heavy atom. The van der Waals surface area contributed by atoms with Crippen molar-refractivity contribution in [3.63, 3.8) is 0 Å². The Bertz CT molecular complexity index is 670. The summed E-state index contributed by atoms with van der Waals surface area (Å²) >= 11 is 0. The largest absolute Gasteiger partial charge is 0.481 e. The zero-order valence-corrected chi connectivity index (χ0v) is 15.4. The van der Waals surface area contributed by atoms with Crippen molar-refractivity contribution in [1.29, 1.82) is 0 Å². The van der Waals surface area contributed by atoms with E-state index in [1.807, 2.05) is 37.3 Å². The molecule has 0 aliphatic carbocycles. The minimum atomic E-state index is -0.467. The molecule has 0 saturated carbocycles. The van der Waals surface area contributed by atoms with Crippen molar-refractivity contribution in [1.82, 2.24) is 5.32 Å². The number of benzene rings is 2. The molecule has 0 aliphatic rings. The number of nitrogens with one attached hydrogen (secondary N) is 1. The van der Waals surface area contributed by atoms with Crippen LogP contribution in [0.1, 0.15) is 41.0 Å². The van der Waals surface area contributed by atoms with Gasteiger partial charge in [0.25, 0.3) is 5.91 Å². The summed E-state index contributed by atoms with van der Waals surface area (Å²) in [7, 11) is 0. The minimum absolute atomic E-state index is 0.0296. The smallest absolute Gasteiger partial charge is 0.261 e. The maximum Gasteiger partial charge on any atom is 0.261 e. The number of fused-ring (bicyclic) bond motifs is 1. The van der Waals surface area contributed by atoms with Crippen molar-refractivity contribution in [3.05, 3.63) is 42.5 Å². The van der Waals surface area contributed by atoms with Crippen LogP contribution in [-0.4, -0.2) is 18.1 Å². The number of hydrogen-bond acceptors (Lipinski definition) is 2. The lowest BCUT2D eigenvalue weighted by atomic mass is 9.93. The average Bonchev–Trinajstić information content (AvgIpc) is 2.56. The van der Waals surface area contributed by atoms with Crippen molar-refractivity contribution < 1.29 is 9.53 Å². The normalized spacial score (nSPS) is 12.8. The molecule has 2 aromatic rings. The first kappa shape index (κ1) is 18.3. The SMILES string of the molecule is CCC(Oc1ccc2ccccc2c1)C(=O)NC(C(C)C)C(C)C. The Labute approximate surface area is 145 Å². The second-order valence-electron chi connectivity index (χ2n) is 7.05. The molecule has 2 aromatic carbocycles. The summed E-state index contributed by atoms with van der Waals surface area (Å²) in [5.41, 5.74) is 0. The molecule has 24 heavy (non-hydrogen) atoms. The first-order chi connectivity index (χ1) is 11.4. The van der Waals surface area contributed by atoms with Crippen molar-refractivity contribution in [2.75, 3.05) is 0 Å². The fraction of sp³-hybridized carbons (Fsp3) is 0.476. The Morgan fingerprint density at radius 1 is 1.00 bits per heavy atom. The summed E-state index contributed by atoms with van der Waals surface area (Å²) in [6.45, 7) is 10.5. The summed E-state index contributed by atoms with van der Waals surface area (Å²) in [6.07, 6.45) is 0.174. The van der Waals surface area contributed by atoms with Crippen LogP contribution < -0.4 is 10.1 Å². The second-order valence-corrected chi connectivity index (χ2v) is 7.05. The molecule has 1 unspecified atom stereocenters. The molecule has 1 N–H and O–H groups in total. The van der Waals surface area contributed by atoms with Gasteiger partial charge in [0.2, 0.25) is 0 Å². The van der Waals surface area contributed by atoms with Gasteiger partial charge in [0.1, 0.15) is 5.75 Å². The molecular weight excluding hydrogens is 298 g/mol. The molecule has 0 spiro atoms. The van der Waals surface area contributed by atoms with E-state index in [-0.39, 0.29) is 11.9 Å². The van der Waals surface area contributed by atoms with E-state index in [1.54, 1.807) is 0 Å². The lowest BCUT2D eigenvalue weighted by Crippen LogP contribution is -2.48. The van der Waals surface area contributed by atoms with Crippen LogP contribution in [0.3, 0.4) is 0 Å². The Morgan fingerprint density at radius 3 is 2.21 bits per heavy atom. The van der Waals surface area contributed by atoms with Crippen LogP contribution in [0, 0.1) is 11.8 Å². The Hall–Kier alpha value is -2.03. The van der Waals surface area contributed by atoms with Gasteiger partial charge in [-0.2, -0.15) is 0 Å². The number of carbonyl (C=O) groups is 1. The topological polar surface area (TPSA) is 38.3 Å². The van der Waals surface area contributed by atoms with Gasteiger partial charge in [-0.25, -0.2) is 0 Å². The van der Waals surface area contributed by atoms with E-state index in [1.165, 1.54) is 5.39 Å². The lowest BCUT2D eigenvalue weighted by Gasteiger charge is -2.28. The van der Waals surface area contributed by atoms with Crippen molar-refractivity contribution >= 4 is 16.7 Å². The van der Waals surface area contributed by atoms with Gasteiger partial charge >= 0.3 is 0 Å². The van der Waals surface area contributed by atoms with Crippen molar-refractivity contribution in [2.45, 2.75) is 53.2 Å². The van der Waals surface area contributed by atoms with Crippen molar-refractivity contribution in [3.8, 4) is 5.75 Å². The molecule has 3 heteroatoms. The molecule has 0 radical (unpaired) electrons. The maximum absolute atomic E-state index is 12.6. The molecular formula is C21H29NO2. The summed E-state index contributed by atoms with van der Waals surface area (Å²) in [5.74, 6) is 1.50. The summed E-state index contributed by atoms with van der Waals surface area (Å²) < 4.78 is 5.98. The van der Waals surface area contributed by atoms with E-state index in [4.69, 9.17) is 4.74 Å². The van der Waals surface area contributed by atoms with Crippen LogP contribution in [0.5, 0.6) is 5.75 Å². The van der Waals surface area contributed by atoms with Crippen molar-refractivity contribution in [2.24, 2.45) is 11.8 Å². The van der Waals surface area contributed by atoms with Gasteiger partial charge in [-0.3, -0.25) is 4.79 Å². The fourth-order valence-corrected chi connectivity index (χ4v) is 3.09. The van der Waals surface area contributed by atoms with E-state index in [9.17, 15) is 4.79 Å². The van der Waals surface area contributed by atoms with Crippen LogP contribution in [0.25, 0.3) is 10.8 Å². The molecule has 1 atom stereocenters. The monoisotopic (exact) mass is 327 g/mol. The van der Waals surface area contributed by atoms with Gasteiger partial charge in [-0.15, -0.1) is 0 Å². The number of amides is 1. The molecule has 1 amide bonds. The molecule has 2 rings (SSSR count). The van der Waals surface area contributed by atoms with Gasteiger partial charge in [0.05, 0.1) is 0 Å². The number of rotatable bonds is 7. The number of ether oxygens (including phenoxy) is 1. The lowest BCUT2D eigenvalue weighted by molar-refractivity contribution is -0.129. The van der Waals surface area contributed by atoms with Gasteiger partial charge in [0.15, 0.2) is 6.10 Å². The van der Waals surface area contributed by atoms with E-state index in [2.05, 4.69) is 45.1 Å². The molecule has 0 fully saturated rings. The maximum atomic E-state index is 12.6. The highest BCUT2D eigenvalue weighted by Crippen LogP contribution is 2.22. The van der Waals surface area contributed by atoms with Crippen LogP contribution in [0.4, 0.5) is 0 Å². The molecule has 130 valence electrons.